The van der Waals surface area contributed by atoms with Crippen LogP contribution in [0.3, 0.4) is 0 Å². The first kappa shape index (κ1) is 23.3. The van der Waals surface area contributed by atoms with Gasteiger partial charge in [0.1, 0.15) is 0 Å². The molecular weight excluding hydrogens is 504 g/mol. The predicted octanol–water partition coefficient (Wildman–Crippen LogP) is 4.96. The van der Waals surface area contributed by atoms with Crippen LogP contribution in [0.4, 0.5) is 0 Å². The van der Waals surface area contributed by atoms with E-state index in [2.05, 4.69) is 0 Å². The molecule has 2 aromatic rings. The second-order valence-corrected chi connectivity index (χ2v) is 15.1. The molecule has 28 heavy (non-hydrogen) atoms. The topological polar surface area (TPSA) is 40.6 Å². The summed E-state index contributed by atoms with van der Waals surface area (Å²) in [6, 6.07) is 19.7. The van der Waals surface area contributed by atoms with Crippen LogP contribution in [0.25, 0.3) is 0 Å². The molecule has 0 bridgehead atoms. The summed E-state index contributed by atoms with van der Waals surface area (Å²) in [7, 11) is 0. The van der Waals surface area contributed by atoms with Crippen LogP contribution >= 0.6 is 5.80 Å². The summed E-state index contributed by atoms with van der Waals surface area (Å²) in [5.74, 6) is 6.69. The van der Waals surface area contributed by atoms with Crippen LogP contribution in [0, 0.1) is 45.7 Å². The molecule has 149 valence electrons. The molecule has 0 N–H and O–H groups in total. The van der Waals surface area contributed by atoms with Crippen LogP contribution in [-0.2, 0) is 22.7 Å². The first-order chi connectivity index (χ1) is 13.3. The third-order valence-electron chi connectivity index (χ3n) is 4.33. The Labute approximate surface area is 185 Å². The molecule has 0 radical (unpaired) electrons. The van der Waals surface area contributed by atoms with Crippen molar-refractivity contribution in [2.75, 3.05) is 0 Å². The molecule has 0 aliphatic rings. The van der Waals surface area contributed by atoms with Gasteiger partial charge in [0, 0.05) is 0 Å². The van der Waals surface area contributed by atoms with Crippen molar-refractivity contribution in [2.45, 2.75) is 40.8 Å². The molecule has 6 heteroatoms. The van der Waals surface area contributed by atoms with Gasteiger partial charge in [-0.15, -0.1) is 0 Å². The van der Waals surface area contributed by atoms with E-state index in [9.17, 15) is 9.59 Å². The van der Waals surface area contributed by atoms with Gasteiger partial charge < -0.3 is 0 Å². The van der Waals surface area contributed by atoms with Crippen molar-refractivity contribution in [1.29, 1.82) is 0 Å². The molecule has 0 atom stereocenters. The van der Waals surface area contributed by atoms with Crippen molar-refractivity contribution in [2.24, 2.45) is 11.8 Å². The average molecular weight is 532 g/mol. The van der Waals surface area contributed by atoms with E-state index in [1.54, 1.807) is 1.97 Å². The van der Waals surface area contributed by atoms with E-state index >= 15 is 0 Å². The second kappa shape index (κ2) is 11.3. The van der Waals surface area contributed by atoms with E-state index in [1.165, 1.54) is 0 Å². The molecule has 2 aromatic carbocycles. The Hall–Kier alpha value is -0.979. The summed E-state index contributed by atoms with van der Waals surface area (Å²) < 4.78 is 3.60. The minimum absolute atomic E-state index is 0.00990. The fourth-order valence-corrected chi connectivity index (χ4v) is 10.7. The van der Waals surface area contributed by atoms with Gasteiger partial charge in [-0.25, -0.2) is 0 Å². The van der Waals surface area contributed by atoms with E-state index in [-0.39, 0.29) is 23.7 Å². The summed E-state index contributed by atoms with van der Waals surface area (Å²) in [5, 5.41) is 0. The number of benzene rings is 2. The third-order valence-corrected chi connectivity index (χ3v) is 12.6. The fraction of sp³-hybridized carbons (Fsp3) is 0.364. The zero-order chi connectivity index (χ0) is 20.7. The number of rotatable bonds is 8. The van der Waals surface area contributed by atoms with Crippen LogP contribution in [0.1, 0.15) is 38.8 Å². The Kier molecular flexibility index (Phi) is 9.38. The molecule has 0 unspecified atom stereocenters. The molecule has 2 rings (SSSR count). The van der Waals surface area contributed by atoms with Crippen LogP contribution in [0.15, 0.2) is 60.7 Å². The molecule has 0 saturated heterocycles. The van der Waals surface area contributed by atoms with Crippen molar-refractivity contribution in [3.63, 3.8) is 0 Å². The number of nitrogens with zero attached hydrogens (tertiary/aromatic N) is 2. The standard InChI is InChI=1S/2C11H15NO.ClH.Nd/c2*1-9(2)11(13)12-8-10-6-4-3-5-7-10;;/h2*3-7,9H,8H2,1-2H3,(H,12,13);1H;/q;;;+3/p-3. The van der Waals surface area contributed by atoms with Crippen molar-refractivity contribution < 1.29 is 43.4 Å². The molecule has 0 fully saturated rings. The molecule has 0 saturated carbocycles. The predicted molar refractivity (Wildman–Crippen MR) is 110 cm³/mol. The second-order valence-electron chi connectivity index (χ2n) is 7.40. The summed E-state index contributed by atoms with van der Waals surface area (Å²) in [6.45, 7) is 8.40. The van der Waals surface area contributed by atoms with Crippen LogP contribution in [-0.4, -0.2) is 13.8 Å². The molecule has 0 aromatic heterocycles. The SMILES string of the molecule is CC(C)C(=O)[N](Cc1ccccc1)[Nd]([Cl])[N](Cc1ccccc1)C(=O)C(C)C. The molecule has 0 aliphatic heterocycles. The Morgan fingerprint density at radius 3 is 1.36 bits per heavy atom. The Morgan fingerprint density at radius 2 is 1.07 bits per heavy atom. The zero-order valence-corrected chi connectivity index (χ0v) is 20.9. The maximum absolute atomic E-state index is 13.0. The van der Waals surface area contributed by atoms with E-state index in [0.717, 1.165) is 11.1 Å². The number of carbonyl (C=O) groups is 2. The van der Waals surface area contributed by atoms with Gasteiger partial charge in [-0.1, -0.05) is 0 Å². The van der Waals surface area contributed by atoms with Crippen molar-refractivity contribution >= 4 is 17.6 Å². The number of hydrogen-bond acceptors (Lipinski definition) is 2. The molecule has 0 spiro atoms. The molecule has 4 nitrogen and oxygen atoms in total. The average Bonchev–Trinajstić information content (AvgIpc) is 2.70. The van der Waals surface area contributed by atoms with Gasteiger partial charge >= 0.3 is 187 Å². The van der Waals surface area contributed by atoms with Gasteiger partial charge in [0.05, 0.1) is 0 Å². The van der Waals surface area contributed by atoms with Crippen LogP contribution in [0.2, 0.25) is 0 Å². The van der Waals surface area contributed by atoms with Crippen molar-refractivity contribution in [1.82, 2.24) is 1.97 Å². The van der Waals surface area contributed by atoms with Gasteiger partial charge in [0.2, 0.25) is 0 Å². The van der Waals surface area contributed by atoms with Crippen molar-refractivity contribution in [3.05, 3.63) is 71.8 Å². The minimum atomic E-state index is -3.46. The number of amides is 2. The molecule has 0 aliphatic carbocycles. The quantitative estimate of drug-likeness (QED) is 0.483. The maximum atomic E-state index is 13.0. The summed E-state index contributed by atoms with van der Waals surface area (Å²) in [4.78, 5) is 26.0. The van der Waals surface area contributed by atoms with Gasteiger partial charge in [0.15, 0.2) is 0 Å². The number of hydrogen-bond donors (Lipinski definition) is 0. The Balaban J connectivity index is 2.35. The monoisotopic (exact) mass is 529 g/mol. The van der Waals surface area contributed by atoms with E-state index in [4.69, 9.17) is 5.80 Å². The van der Waals surface area contributed by atoms with E-state index in [0.29, 0.717) is 13.1 Å². The van der Waals surface area contributed by atoms with Gasteiger partial charge in [-0.3, -0.25) is 0 Å². The molecule has 2 amide bonds. The number of carbonyl (C=O) groups excluding carboxylic acids is 2. The van der Waals surface area contributed by atoms with Crippen molar-refractivity contribution in [3.8, 4) is 0 Å². The Morgan fingerprint density at radius 1 is 0.750 bits per heavy atom. The first-order valence-corrected chi connectivity index (χ1v) is 16.4. The zero-order valence-electron chi connectivity index (χ0n) is 16.9. The summed E-state index contributed by atoms with van der Waals surface area (Å²) >= 11 is -3.46. The van der Waals surface area contributed by atoms with Gasteiger partial charge in [-0.2, -0.15) is 0 Å². The molecule has 0 heterocycles. The van der Waals surface area contributed by atoms with Crippen LogP contribution in [0.5, 0.6) is 0 Å². The van der Waals surface area contributed by atoms with Gasteiger partial charge in [-0.05, 0) is 0 Å². The normalized spacial score (nSPS) is 10.8. The van der Waals surface area contributed by atoms with E-state index < -0.39 is 33.8 Å². The fourth-order valence-electron chi connectivity index (χ4n) is 2.77. The first-order valence-electron chi connectivity index (χ1n) is 9.54. The third kappa shape index (κ3) is 6.53. The van der Waals surface area contributed by atoms with Gasteiger partial charge in [0.25, 0.3) is 0 Å². The molecular formula is C22H28ClN2NdO2. The summed E-state index contributed by atoms with van der Waals surface area (Å²) in [5.41, 5.74) is 2.05. The van der Waals surface area contributed by atoms with Crippen LogP contribution < -0.4 is 0 Å². The van der Waals surface area contributed by atoms with E-state index in [1.807, 2.05) is 88.4 Å². The number of halogens is 1. The Bertz CT molecular complexity index is 703. The summed E-state index contributed by atoms with van der Waals surface area (Å²) in [6.07, 6.45) is 0.